The number of aromatic nitrogens is 1. The standard InChI is InChI=1S/C12H17Br2N3/c1-8(15)11-4-2-3-5-17(11)12-10(14)6-9(13)7-16-12/h6-8,11H,2-5,15H2,1H3. The van der Waals surface area contributed by atoms with Crippen molar-refractivity contribution in [2.45, 2.75) is 38.3 Å². The maximum absolute atomic E-state index is 6.08. The minimum atomic E-state index is 0.174. The lowest BCUT2D eigenvalue weighted by Gasteiger charge is -2.39. The molecule has 0 amide bonds. The summed E-state index contributed by atoms with van der Waals surface area (Å²) < 4.78 is 2.02. The number of anilines is 1. The zero-order chi connectivity index (χ0) is 12.4. The SMILES string of the molecule is CC(N)C1CCCCN1c1ncc(Br)cc1Br. The molecule has 0 radical (unpaired) electrons. The van der Waals surface area contributed by atoms with Crippen LogP contribution in [0.3, 0.4) is 0 Å². The average Bonchev–Trinajstić information content (AvgIpc) is 2.29. The lowest BCUT2D eigenvalue weighted by molar-refractivity contribution is 0.410. The van der Waals surface area contributed by atoms with Crippen molar-refractivity contribution in [1.29, 1.82) is 0 Å². The molecule has 0 spiro atoms. The first-order valence-corrected chi connectivity index (χ1v) is 7.51. The van der Waals surface area contributed by atoms with Crippen LogP contribution in [0, 0.1) is 0 Å². The van der Waals surface area contributed by atoms with Gasteiger partial charge in [-0.25, -0.2) is 4.98 Å². The van der Waals surface area contributed by atoms with Gasteiger partial charge in [-0.3, -0.25) is 0 Å². The Morgan fingerprint density at radius 3 is 2.88 bits per heavy atom. The summed E-state index contributed by atoms with van der Waals surface area (Å²) >= 11 is 7.01. The molecule has 1 aliphatic rings. The molecule has 2 N–H and O–H groups in total. The van der Waals surface area contributed by atoms with Crippen LogP contribution >= 0.6 is 31.9 Å². The summed E-state index contributed by atoms with van der Waals surface area (Å²) in [5, 5.41) is 0. The molecule has 5 heteroatoms. The molecule has 0 aliphatic carbocycles. The Hall–Kier alpha value is -0.130. The minimum Gasteiger partial charge on any atom is -0.351 e. The van der Waals surface area contributed by atoms with Gasteiger partial charge in [0.2, 0.25) is 0 Å². The molecule has 0 aromatic carbocycles. The quantitative estimate of drug-likeness (QED) is 0.877. The Kier molecular flexibility index (Phi) is 4.44. The van der Waals surface area contributed by atoms with E-state index in [1.165, 1.54) is 12.8 Å². The summed E-state index contributed by atoms with van der Waals surface area (Å²) in [5.74, 6) is 1.01. The number of halogens is 2. The normalized spacial score (nSPS) is 22.6. The lowest BCUT2D eigenvalue weighted by atomic mass is 9.97. The first-order valence-electron chi connectivity index (χ1n) is 5.93. The zero-order valence-corrected chi connectivity index (χ0v) is 13.0. The first kappa shape index (κ1) is 13.3. The van der Waals surface area contributed by atoms with E-state index in [1.54, 1.807) is 0 Å². The second-order valence-corrected chi connectivity index (χ2v) is 6.34. The molecule has 2 heterocycles. The number of rotatable bonds is 2. The molecule has 1 aromatic heterocycles. The molecule has 1 aliphatic heterocycles. The van der Waals surface area contributed by atoms with Crippen molar-refractivity contribution in [3.05, 3.63) is 21.2 Å². The predicted molar refractivity (Wildman–Crippen MR) is 78.3 cm³/mol. The van der Waals surface area contributed by atoms with Crippen molar-refractivity contribution >= 4 is 37.7 Å². The highest BCUT2D eigenvalue weighted by Crippen LogP contribution is 2.31. The van der Waals surface area contributed by atoms with Crippen molar-refractivity contribution < 1.29 is 0 Å². The van der Waals surface area contributed by atoms with Gasteiger partial charge in [-0.1, -0.05) is 0 Å². The van der Waals surface area contributed by atoms with E-state index in [0.717, 1.165) is 27.7 Å². The second kappa shape index (κ2) is 5.67. The van der Waals surface area contributed by atoms with Gasteiger partial charge in [-0.05, 0) is 64.1 Å². The number of nitrogens with two attached hydrogens (primary N) is 1. The fourth-order valence-corrected chi connectivity index (χ4v) is 3.60. The molecule has 1 saturated heterocycles. The summed E-state index contributed by atoms with van der Waals surface area (Å²) in [7, 11) is 0. The van der Waals surface area contributed by atoms with Gasteiger partial charge in [0.25, 0.3) is 0 Å². The van der Waals surface area contributed by atoms with Gasteiger partial charge in [0.1, 0.15) is 5.82 Å². The van der Waals surface area contributed by atoms with Gasteiger partial charge in [0, 0.05) is 29.3 Å². The Labute approximate surface area is 119 Å². The minimum absolute atomic E-state index is 0.174. The van der Waals surface area contributed by atoms with E-state index >= 15 is 0 Å². The summed E-state index contributed by atoms with van der Waals surface area (Å²) in [6.45, 7) is 3.12. The molecule has 3 nitrogen and oxygen atoms in total. The van der Waals surface area contributed by atoms with Gasteiger partial charge in [0.15, 0.2) is 0 Å². The fraction of sp³-hybridized carbons (Fsp3) is 0.583. The zero-order valence-electron chi connectivity index (χ0n) is 9.87. The molecule has 1 aromatic rings. The van der Waals surface area contributed by atoms with E-state index in [-0.39, 0.29) is 6.04 Å². The molecule has 2 unspecified atom stereocenters. The summed E-state index contributed by atoms with van der Waals surface area (Å²) in [6, 6.07) is 2.61. The van der Waals surface area contributed by atoms with Crippen molar-refractivity contribution in [1.82, 2.24) is 4.98 Å². The predicted octanol–water partition coefficient (Wildman–Crippen LogP) is 3.31. The highest BCUT2D eigenvalue weighted by atomic mass is 79.9. The fourth-order valence-electron chi connectivity index (χ4n) is 2.39. The second-order valence-electron chi connectivity index (χ2n) is 4.57. The average molecular weight is 363 g/mol. The molecule has 2 atom stereocenters. The molecule has 17 heavy (non-hydrogen) atoms. The van der Waals surface area contributed by atoms with Crippen molar-refractivity contribution in [2.75, 3.05) is 11.4 Å². The van der Waals surface area contributed by atoms with E-state index < -0.39 is 0 Å². The van der Waals surface area contributed by atoms with Gasteiger partial charge >= 0.3 is 0 Å². The van der Waals surface area contributed by atoms with Gasteiger partial charge in [-0.15, -0.1) is 0 Å². The highest BCUT2D eigenvalue weighted by Gasteiger charge is 2.27. The maximum Gasteiger partial charge on any atom is 0.143 e. The molecular weight excluding hydrogens is 346 g/mol. The Bertz CT molecular complexity index is 395. The van der Waals surface area contributed by atoms with Crippen LogP contribution in [0.2, 0.25) is 0 Å². The third kappa shape index (κ3) is 3.01. The van der Waals surface area contributed by atoms with Crippen LogP contribution in [0.5, 0.6) is 0 Å². The maximum atomic E-state index is 6.08. The van der Waals surface area contributed by atoms with Crippen LogP contribution in [0.4, 0.5) is 5.82 Å². The van der Waals surface area contributed by atoms with E-state index in [2.05, 4.69) is 48.7 Å². The third-order valence-corrected chi connectivity index (χ3v) is 4.23. The molecule has 2 rings (SSSR count). The van der Waals surface area contributed by atoms with E-state index in [0.29, 0.717) is 6.04 Å². The molecule has 0 saturated carbocycles. The number of hydrogen-bond acceptors (Lipinski definition) is 3. The van der Waals surface area contributed by atoms with Crippen LogP contribution < -0.4 is 10.6 Å². The molecular formula is C12H17Br2N3. The molecule has 0 bridgehead atoms. The monoisotopic (exact) mass is 361 g/mol. The first-order chi connectivity index (χ1) is 8.09. The van der Waals surface area contributed by atoms with Crippen LogP contribution in [0.1, 0.15) is 26.2 Å². The number of nitrogens with zero attached hydrogens (tertiary/aromatic N) is 2. The van der Waals surface area contributed by atoms with Crippen LogP contribution in [-0.2, 0) is 0 Å². The number of pyridine rings is 1. The van der Waals surface area contributed by atoms with Crippen LogP contribution in [0.15, 0.2) is 21.2 Å². The van der Waals surface area contributed by atoms with E-state index in [9.17, 15) is 0 Å². The largest absolute Gasteiger partial charge is 0.351 e. The van der Waals surface area contributed by atoms with Gasteiger partial charge < -0.3 is 10.6 Å². The van der Waals surface area contributed by atoms with Gasteiger partial charge in [0.05, 0.1) is 4.47 Å². The van der Waals surface area contributed by atoms with E-state index in [1.807, 2.05) is 12.3 Å². The highest BCUT2D eigenvalue weighted by molar-refractivity contribution is 9.11. The topological polar surface area (TPSA) is 42.1 Å². The molecule has 94 valence electrons. The Morgan fingerprint density at radius 2 is 2.24 bits per heavy atom. The van der Waals surface area contributed by atoms with Crippen molar-refractivity contribution in [3.8, 4) is 0 Å². The summed E-state index contributed by atoms with van der Waals surface area (Å²) in [6.07, 6.45) is 5.47. The van der Waals surface area contributed by atoms with Crippen molar-refractivity contribution in [2.24, 2.45) is 5.73 Å². The summed E-state index contributed by atoms with van der Waals surface area (Å²) in [4.78, 5) is 6.85. The van der Waals surface area contributed by atoms with Gasteiger partial charge in [-0.2, -0.15) is 0 Å². The summed E-state index contributed by atoms with van der Waals surface area (Å²) in [5.41, 5.74) is 6.08. The number of piperidine rings is 1. The lowest BCUT2D eigenvalue weighted by Crippen LogP contribution is -2.49. The van der Waals surface area contributed by atoms with Crippen LogP contribution in [-0.4, -0.2) is 23.6 Å². The molecule has 1 fully saturated rings. The number of hydrogen-bond donors (Lipinski definition) is 1. The Morgan fingerprint density at radius 1 is 1.47 bits per heavy atom. The van der Waals surface area contributed by atoms with Crippen molar-refractivity contribution in [3.63, 3.8) is 0 Å². The third-order valence-electron chi connectivity index (χ3n) is 3.22. The van der Waals surface area contributed by atoms with Crippen LogP contribution in [0.25, 0.3) is 0 Å². The van der Waals surface area contributed by atoms with E-state index in [4.69, 9.17) is 5.73 Å². The smallest absolute Gasteiger partial charge is 0.143 e. The Balaban J connectivity index is 2.29.